The summed E-state index contributed by atoms with van der Waals surface area (Å²) < 4.78 is 12.7. The smallest absolute Gasteiger partial charge is 0.265 e. The normalized spacial score (nSPS) is 19.7. The number of β-amino-alcohol motifs (C(OH)–C–C–N with tert-alkyl or cyclic N) is 1. The number of amides is 1. The Kier molecular flexibility index (Phi) is 6.69. The zero-order valence-electron chi connectivity index (χ0n) is 20.0. The molecule has 1 amide bonds. The molecule has 8 heteroatoms. The van der Waals surface area contributed by atoms with E-state index in [2.05, 4.69) is 28.9 Å². The molecule has 1 fully saturated rings. The molecule has 0 spiro atoms. The number of aliphatic hydroxyl groups excluding tert-OH is 1. The van der Waals surface area contributed by atoms with Crippen molar-refractivity contribution in [3.8, 4) is 11.5 Å². The number of fused-ring (bicyclic) bond motifs is 2. The van der Waals surface area contributed by atoms with Crippen molar-refractivity contribution in [2.24, 2.45) is 5.73 Å². The lowest BCUT2D eigenvalue weighted by molar-refractivity contribution is 0.0408. The minimum atomic E-state index is -0.618. The first-order valence-electron chi connectivity index (χ1n) is 12.0. The summed E-state index contributed by atoms with van der Waals surface area (Å²) >= 11 is 1.86. The molecule has 3 atom stereocenters. The Labute approximate surface area is 208 Å². The highest BCUT2D eigenvalue weighted by Crippen LogP contribution is 2.40. The van der Waals surface area contributed by atoms with Crippen LogP contribution in [0.15, 0.2) is 48.5 Å². The molecule has 0 unspecified atom stereocenters. The number of methoxy groups -OCH3 is 1. The first kappa shape index (κ1) is 23.7. The lowest BCUT2D eigenvalue weighted by Gasteiger charge is -2.38. The molecule has 35 heavy (non-hydrogen) atoms. The molecule has 1 saturated heterocycles. The summed E-state index contributed by atoms with van der Waals surface area (Å²) in [4.78, 5) is 18.2. The number of rotatable bonds is 8. The van der Waals surface area contributed by atoms with Crippen LogP contribution in [0.5, 0.6) is 11.5 Å². The molecule has 0 radical (unpaired) electrons. The van der Waals surface area contributed by atoms with Crippen molar-refractivity contribution in [1.82, 2.24) is 9.88 Å². The third-order valence-electron chi connectivity index (χ3n) is 6.94. The monoisotopic (exact) mass is 493 g/mol. The van der Waals surface area contributed by atoms with Gasteiger partial charge in [0.05, 0.1) is 7.11 Å². The number of aromatic amines is 1. The number of aliphatic hydroxyl groups is 1. The topological polar surface area (TPSA) is 101 Å². The summed E-state index contributed by atoms with van der Waals surface area (Å²) in [6, 6.07) is 16.1. The number of primary amides is 1. The van der Waals surface area contributed by atoms with Gasteiger partial charge in [-0.15, -0.1) is 11.3 Å². The van der Waals surface area contributed by atoms with Gasteiger partial charge in [-0.3, -0.25) is 9.69 Å². The molecule has 1 aliphatic heterocycles. The second-order valence-corrected chi connectivity index (χ2v) is 10.4. The number of carbonyl (C=O) groups excluding carboxylic acids is 1. The first-order valence-corrected chi connectivity index (χ1v) is 12.8. The molecule has 184 valence electrons. The lowest BCUT2D eigenvalue weighted by Crippen LogP contribution is -2.45. The van der Waals surface area contributed by atoms with Crippen molar-refractivity contribution >= 4 is 38.2 Å². The standard InChI is InChI=1S/C27H31N3O4S/c1-16-11-17(26-13-20-23(33-2)6-4-8-25(20)35-26)9-10-30(16)14-18(31)15-34-24-7-3-5-21-19(24)12-22(29-21)27(28)32/h3-8,12-13,16-18,29,31H,9-11,14-15H2,1-2H3,(H2,28,32)/t16-,17-,18-/m0/s1. The van der Waals surface area contributed by atoms with E-state index in [1.807, 2.05) is 41.7 Å². The molecule has 7 nitrogen and oxygen atoms in total. The van der Waals surface area contributed by atoms with E-state index >= 15 is 0 Å². The highest BCUT2D eigenvalue weighted by Gasteiger charge is 2.29. The van der Waals surface area contributed by atoms with Crippen LogP contribution in [0.25, 0.3) is 21.0 Å². The first-order chi connectivity index (χ1) is 16.9. The summed E-state index contributed by atoms with van der Waals surface area (Å²) in [6.45, 7) is 3.91. The van der Waals surface area contributed by atoms with E-state index < -0.39 is 12.0 Å². The van der Waals surface area contributed by atoms with Gasteiger partial charge in [0.15, 0.2) is 0 Å². The number of nitrogens with two attached hydrogens (primary N) is 1. The zero-order chi connectivity index (χ0) is 24.5. The van der Waals surface area contributed by atoms with Crippen molar-refractivity contribution < 1.29 is 19.4 Å². The third-order valence-corrected chi connectivity index (χ3v) is 8.21. The Hall–Kier alpha value is -3.07. The van der Waals surface area contributed by atoms with E-state index in [-0.39, 0.29) is 6.61 Å². The van der Waals surface area contributed by atoms with Gasteiger partial charge in [-0.05, 0) is 68.6 Å². The Balaban J connectivity index is 1.18. The van der Waals surface area contributed by atoms with Gasteiger partial charge in [0, 0.05) is 38.5 Å². The van der Waals surface area contributed by atoms with Gasteiger partial charge in [-0.1, -0.05) is 12.1 Å². The Morgan fingerprint density at radius 2 is 2.03 bits per heavy atom. The second kappa shape index (κ2) is 9.89. The van der Waals surface area contributed by atoms with Crippen LogP contribution in [0.1, 0.15) is 41.0 Å². The van der Waals surface area contributed by atoms with E-state index in [0.29, 0.717) is 29.9 Å². The Morgan fingerprint density at radius 1 is 1.23 bits per heavy atom. The molecule has 5 rings (SSSR count). The molecule has 1 aliphatic rings. The predicted molar refractivity (Wildman–Crippen MR) is 140 cm³/mol. The van der Waals surface area contributed by atoms with Crippen LogP contribution in [-0.2, 0) is 0 Å². The molecular weight excluding hydrogens is 462 g/mol. The van der Waals surface area contributed by atoms with Crippen molar-refractivity contribution in [2.75, 3.05) is 26.8 Å². The van der Waals surface area contributed by atoms with Crippen LogP contribution in [0.2, 0.25) is 0 Å². The summed E-state index contributed by atoms with van der Waals surface area (Å²) in [6.07, 6.45) is 1.50. The molecule has 0 bridgehead atoms. The van der Waals surface area contributed by atoms with Crippen molar-refractivity contribution in [3.05, 3.63) is 59.1 Å². The highest BCUT2D eigenvalue weighted by atomic mass is 32.1. The van der Waals surface area contributed by atoms with Gasteiger partial charge in [0.2, 0.25) is 0 Å². The van der Waals surface area contributed by atoms with E-state index in [1.54, 1.807) is 13.2 Å². The molecule has 0 aliphatic carbocycles. The summed E-state index contributed by atoms with van der Waals surface area (Å²) in [5, 5.41) is 12.7. The number of carbonyl (C=O) groups is 1. The number of hydrogen-bond acceptors (Lipinski definition) is 6. The molecule has 2 aromatic carbocycles. The van der Waals surface area contributed by atoms with Crippen LogP contribution < -0.4 is 15.2 Å². The lowest BCUT2D eigenvalue weighted by atomic mass is 9.90. The average Bonchev–Trinajstić information content (AvgIpc) is 3.49. The van der Waals surface area contributed by atoms with Gasteiger partial charge in [0.1, 0.15) is 29.9 Å². The van der Waals surface area contributed by atoms with Crippen LogP contribution in [0, 0.1) is 0 Å². The van der Waals surface area contributed by atoms with E-state index in [9.17, 15) is 9.90 Å². The largest absolute Gasteiger partial charge is 0.496 e. The van der Waals surface area contributed by atoms with Crippen molar-refractivity contribution in [3.63, 3.8) is 0 Å². The molecule has 0 saturated carbocycles. The third kappa shape index (κ3) is 4.87. The number of H-pyrrole nitrogens is 1. The van der Waals surface area contributed by atoms with E-state index in [1.165, 1.54) is 15.0 Å². The number of piperidine rings is 1. The maximum absolute atomic E-state index is 11.5. The number of aromatic nitrogens is 1. The van der Waals surface area contributed by atoms with E-state index in [0.717, 1.165) is 36.0 Å². The maximum Gasteiger partial charge on any atom is 0.265 e. The SMILES string of the molecule is COc1cccc2sc([C@H]3CCN(C[C@H](O)COc4cccc5[nH]c(C(N)=O)cc45)[C@@H](C)C3)cc12. The number of hydrogen-bond donors (Lipinski definition) is 3. The average molecular weight is 494 g/mol. The number of likely N-dealkylation sites (tertiary alicyclic amines) is 1. The van der Waals surface area contributed by atoms with Crippen LogP contribution in [0.3, 0.4) is 0 Å². The summed E-state index contributed by atoms with van der Waals surface area (Å²) in [5.41, 5.74) is 6.50. The molecule has 4 N–H and O–H groups in total. The minimum Gasteiger partial charge on any atom is -0.496 e. The quantitative estimate of drug-likeness (QED) is 0.336. The number of thiophene rings is 1. The van der Waals surface area contributed by atoms with Gasteiger partial charge in [-0.2, -0.15) is 0 Å². The van der Waals surface area contributed by atoms with Crippen LogP contribution in [0.4, 0.5) is 0 Å². The second-order valence-electron chi connectivity index (χ2n) is 9.32. The highest BCUT2D eigenvalue weighted by molar-refractivity contribution is 7.19. The number of nitrogens with one attached hydrogen (secondary N) is 1. The van der Waals surface area contributed by atoms with Gasteiger partial charge in [0.25, 0.3) is 5.91 Å². The van der Waals surface area contributed by atoms with Gasteiger partial charge < -0.3 is 25.3 Å². The van der Waals surface area contributed by atoms with Crippen LogP contribution >= 0.6 is 11.3 Å². The van der Waals surface area contributed by atoms with E-state index in [4.69, 9.17) is 15.2 Å². The fourth-order valence-electron chi connectivity index (χ4n) is 5.08. The predicted octanol–water partition coefficient (Wildman–Crippen LogP) is 4.50. The van der Waals surface area contributed by atoms with Gasteiger partial charge >= 0.3 is 0 Å². The number of nitrogens with zero attached hydrogens (tertiary/aromatic N) is 1. The number of ether oxygens (including phenoxy) is 2. The maximum atomic E-state index is 11.5. The summed E-state index contributed by atoms with van der Waals surface area (Å²) in [7, 11) is 1.72. The zero-order valence-corrected chi connectivity index (χ0v) is 20.8. The summed E-state index contributed by atoms with van der Waals surface area (Å²) in [5.74, 6) is 1.55. The minimum absolute atomic E-state index is 0.180. The molecular formula is C27H31N3O4S. The van der Waals surface area contributed by atoms with Crippen LogP contribution in [-0.4, -0.2) is 59.8 Å². The molecule has 2 aromatic heterocycles. The number of benzene rings is 2. The van der Waals surface area contributed by atoms with Crippen molar-refractivity contribution in [2.45, 2.75) is 37.8 Å². The van der Waals surface area contributed by atoms with Crippen molar-refractivity contribution in [1.29, 1.82) is 0 Å². The molecule has 3 heterocycles. The Morgan fingerprint density at radius 3 is 2.80 bits per heavy atom. The fourth-order valence-corrected chi connectivity index (χ4v) is 6.31. The fraction of sp³-hybridized carbons (Fsp3) is 0.370. The van der Waals surface area contributed by atoms with Gasteiger partial charge in [-0.25, -0.2) is 0 Å². The Bertz CT molecular complexity index is 1350. The molecule has 4 aromatic rings.